The molecule has 0 fully saturated rings. The Labute approximate surface area is 237 Å². The molecule has 3 unspecified atom stereocenters. The normalized spacial score (nSPS) is 13.4. The molecule has 2 N–H and O–H groups in total. The Balaban J connectivity index is 2.03. The third-order valence-corrected chi connectivity index (χ3v) is 6.77. The Morgan fingerprint density at radius 1 is 1.00 bits per heavy atom. The molecular formula is C33H39N3O4. The van der Waals surface area contributed by atoms with Gasteiger partial charge in [0, 0.05) is 11.7 Å². The van der Waals surface area contributed by atoms with Crippen LogP contribution in [0.3, 0.4) is 0 Å². The van der Waals surface area contributed by atoms with E-state index in [0.717, 1.165) is 26.8 Å². The van der Waals surface area contributed by atoms with Gasteiger partial charge in [0.2, 0.25) is 0 Å². The average molecular weight is 542 g/mol. The zero-order valence-electron chi connectivity index (χ0n) is 24.4. The van der Waals surface area contributed by atoms with Crippen LogP contribution in [0.1, 0.15) is 63.8 Å². The standard InChI is InChI=1S/C33H39N3O4/c1-9-22(4)28(35-32(39)40-33(6,7)8)31(38)36(10-2)29(27-18-15-21(3)19-23(27)5)30(37)34-26-17-16-24-13-11-12-14-25(24)20-26/h2,11-20,22,28-29H,9H2,1,3-8H3,(H,34,37)(H,35,39). The summed E-state index contributed by atoms with van der Waals surface area (Å²) in [4.78, 5) is 41.8. The second-order valence-corrected chi connectivity index (χ2v) is 11.2. The van der Waals surface area contributed by atoms with Gasteiger partial charge in [0.1, 0.15) is 17.7 Å². The van der Waals surface area contributed by atoms with Gasteiger partial charge >= 0.3 is 6.09 Å². The number of nitrogens with one attached hydrogen (secondary N) is 2. The molecule has 0 aromatic heterocycles. The number of ether oxygens (including phenoxy) is 1. The maximum Gasteiger partial charge on any atom is 0.408 e. The third-order valence-electron chi connectivity index (χ3n) is 6.77. The number of aryl methyl sites for hydroxylation is 2. The minimum absolute atomic E-state index is 0.279. The lowest BCUT2D eigenvalue weighted by Gasteiger charge is -2.33. The van der Waals surface area contributed by atoms with E-state index >= 15 is 0 Å². The van der Waals surface area contributed by atoms with E-state index in [1.165, 1.54) is 0 Å². The number of benzene rings is 3. The maximum atomic E-state index is 14.0. The largest absolute Gasteiger partial charge is 0.444 e. The van der Waals surface area contributed by atoms with Gasteiger partial charge in [-0.15, -0.1) is 0 Å². The van der Waals surface area contributed by atoms with Crippen LogP contribution in [0.5, 0.6) is 0 Å². The summed E-state index contributed by atoms with van der Waals surface area (Å²) in [5.74, 6) is -1.31. The lowest BCUT2D eigenvalue weighted by Crippen LogP contribution is -2.53. The molecule has 0 aliphatic heterocycles. The van der Waals surface area contributed by atoms with Gasteiger partial charge in [-0.25, -0.2) is 4.79 Å². The second kappa shape index (κ2) is 12.7. The van der Waals surface area contributed by atoms with Crippen LogP contribution in [-0.4, -0.2) is 34.5 Å². The van der Waals surface area contributed by atoms with Gasteiger partial charge < -0.3 is 15.4 Å². The Morgan fingerprint density at radius 2 is 1.68 bits per heavy atom. The summed E-state index contributed by atoms with van der Waals surface area (Å²) in [6, 6.07) is 19.4. The fraction of sp³-hybridized carbons (Fsp3) is 0.364. The Kier molecular flexibility index (Phi) is 9.60. The average Bonchev–Trinajstić information content (AvgIpc) is 2.89. The van der Waals surface area contributed by atoms with Gasteiger partial charge in [0.25, 0.3) is 11.8 Å². The van der Waals surface area contributed by atoms with Crippen molar-refractivity contribution in [3.05, 3.63) is 77.4 Å². The zero-order chi connectivity index (χ0) is 29.6. The SMILES string of the molecule is C#CN(C(=O)C(NC(=O)OC(C)(C)C)C(C)CC)C(C(=O)Nc1ccc2ccccc2c1)c1ccc(C)cc1C. The lowest BCUT2D eigenvalue weighted by atomic mass is 9.94. The molecule has 0 heterocycles. The van der Waals surface area contributed by atoms with Gasteiger partial charge in [0.05, 0.1) is 0 Å². The third kappa shape index (κ3) is 7.41. The first kappa shape index (κ1) is 30.2. The Bertz CT molecular complexity index is 1430. The number of hydrogen-bond donors (Lipinski definition) is 2. The Morgan fingerprint density at radius 3 is 2.27 bits per heavy atom. The van der Waals surface area contributed by atoms with Gasteiger partial charge in [0.15, 0.2) is 0 Å². The van der Waals surface area contributed by atoms with Crippen LogP contribution in [0.4, 0.5) is 10.5 Å². The monoisotopic (exact) mass is 541 g/mol. The summed E-state index contributed by atoms with van der Waals surface area (Å²) in [5.41, 5.74) is 2.24. The van der Waals surface area contributed by atoms with Crippen LogP contribution in [0.2, 0.25) is 0 Å². The summed E-state index contributed by atoms with van der Waals surface area (Å²) in [5, 5.41) is 7.66. The number of hydrogen-bond acceptors (Lipinski definition) is 4. The lowest BCUT2D eigenvalue weighted by molar-refractivity contribution is -0.137. The summed E-state index contributed by atoms with van der Waals surface area (Å²) in [7, 11) is 0. The van der Waals surface area contributed by atoms with Crippen molar-refractivity contribution in [2.45, 2.75) is 72.6 Å². The molecular weight excluding hydrogens is 502 g/mol. The number of terminal acetylenes is 1. The van der Waals surface area contributed by atoms with Gasteiger partial charge in [-0.1, -0.05) is 80.8 Å². The van der Waals surface area contributed by atoms with E-state index in [2.05, 4.69) is 16.7 Å². The maximum absolute atomic E-state index is 14.0. The number of alkyl carbamates (subject to hydrolysis) is 1. The van der Waals surface area contributed by atoms with Crippen molar-refractivity contribution in [3.63, 3.8) is 0 Å². The van der Waals surface area contributed by atoms with E-state index in [1.54, 1.807) is 20.8 Å². The first-order valence-electron chi connectivity index (χ1n) is 13.5. The van der Waals surface area contributed by atoms with Crippen LogP contribution in [-0.2, 0) is 14.3 Å². The first-order chi connectivity index (χ1) is 18.8. The minimum atomic E-state index is -1.14. The van der Waals surface area contributed by atoms with Crippen molar-refractivity contribution in [2.75, 3.05) is 5.32 Å². The molecule has 0 saturated carbocycles. The molecule has 3 aromatic rings. The van der Waals surface area contributed by atoms with Crippen molar-refractivity contribution in [2.24, 2.45) is 5.92 Å². The van der Waals surface area contributed by atoms with Crippen LogP contribution in [0.15, 0.2) is 60.7 Å². The van der Waals surface area contributed by atoms with Gasteiger partial charge in [-0.3, -0.25) is 14.5 Å². The smallest absolute Gasteiger partial charge is 0.408 e. The fourth-order valence-electron chi connectivity index (χ4n) is 4.54. The molecule has 40 heavy (non-hydrogen) atoms. The first-order valence-corrected chi connectivity index (χ1v) is 13.5. The molecule has 3 atom stereocenters. The van der Waals surface area contributed by atoms with Crippen LogP contribution in [0, 0.1) is 32.2 Å². The molecule has 3 amide bonds. The predicted octanol–water partition coefficient (Wildman–Crippen LogP) is 6.50. The highest BCUT2D eigenvalue weighted by Gasteiger charge is 2.38. The molecule has 3 rings (SSSR count). The number of nitrogens with zero attached hydrogens (tertiary/aromatic N) is 1. The minimum Gasteiger partial charge on any atom is -0.444 e. The molecule has 3 aromatic carbocycles. The predicted molar refractivity (Wildman–Crippen MR) is 160 cm³/mol. The quantitative estimate of drug-likeness (QED) is 0.252. The molecule has 0 saturated heterocycles. The zero-order valence-corrected chi connectivity index (χ0v) is 24.4. The number of amides is 3. The van der Waals surface area contributed by atoms with Crippen molar-refractivity contribution < 1.29 is 19.1 Å². The highest BCUT2D eigenvalue weighted by Crippen LogP contribution is 2.29. The molecule has 7 nitrogen and oxygen atoms in total. The van der Waals surface area contributed by atoms with Crippen LogP contribution in [0.25, 0.3) is 10.8 Å². The van der Waals surface area contributed by atoms with E-state index in [9.17, 15) is 14.4 Å². The number of carbonyl (C=O) groups is 3. The van der Waals surface area contributed by atoms with Crippen molar-refractivity contribution in [3.8, 4) is 12.5 Å². The highest BCUT2D eigenvalue weighted by atomic mass is 16.6. The summed E-state index contributed by atoms with van der Waals surface area (Å²) < 4.78 is 5.41. The highest BCUT2D eigenvalue weighted by molar-refractivity contribution is 6.01. The molecule has 0 aliphatic carbocycles. The van der Waals surface area contributed by atoms with Crippen LogP contribution < -0.4 is 10.6 Å². The molecule has 0 bridgehead atoms. The Hall–Kier alpha value is -4.31. The molecule has 0 aliphatic rings. The van der Waals surface area contributed by atoms with E-state index in [4.69, 9.17) is 11.2 Å². The molecule has 210 valence electrons. The van der Waals surface area contributed by atoms with Crippen LogP contribution >= 0.6 is 0 Å². The number of carbonyl (C=O) groups excluding carboxylic acids is 3. The number of fused-ring (bicyclic) bond motifs is 1. The van der Waals surface area contributed by atoms with Crippen molar-refractivity contribution in [1.82, 2.24) is 10.2 Å². The van der Waals surface area contributed by atoms with E-state index in [1.807, 2.05) is 88.4 Å². The van der Waals surface area contributed by atoms with Crippen molar-refractivity contribution >= 4 is 34.4 Å². The summed E-state index contributed by atoms with van der Waals surface area (Å²) in [6.45, 7) is 12.8. The fourth-order valence-corrected chi connectivity index (χ4v) is 4.54. The molecule has 0 radical (unpaired) electrons. The number of rotatable bonds is 8. The topological polar surface area (TPSA) is 87.7 Å². The van der Waals surface area contributed by atoms with Gasteiger partial charge in [-0.05, 0) is 74.6 Å². The van der Waals surface area contributed by atoms with E-state index in [-0.39, 0.29) is 5.92 Å². The summed E-state index contributed by atoms with van der Waals surface area (Å²) >= 11 is 0. The molecule has 7 heteroatoms. The van der Waals surface area contributed by atoms with E-state index < -0.39 is 35.6 Å². The van der Waals surface area contributed by atoms with Crippen molar-refractivity contribution in [1.29, 1.82) is 0 Å². The number of anilines is 1. The van der Waals surface area contributed by atoms with E-state index in [0.29, 0.717) is 17.7 Å². The van der Waals surface area contributed by atoms with Gasteiger partial charge in [-0.2, -0.15) is 0 Å². The second-order valence-electron chi connectivity index (χ2n) is 11.2. The molecule has 0 spiro atoms. The summed E-state index contributed by atoms with van der Waals surface area (Å²) in [6.07, 6.45) is 5.80.